The van der Waals surface area contributed by atoms with Crippen molar-refractivity contribution in [2.75, 3.05) is 44.0 Å². The van der Waals surface area contributed by atoms with E-state index < -0.39 is 0 Å². The van der Waals surface area contributed by atoms with Crippen LogP contribution in [0.15, 0.2) is 12.1 Å². The van der Waals surface area contributed by atoms with E-state index in [0.29, 0.717) is 13.1 Å². The molecule has 0 spiro atoms. The van der Waals surface area contributed by atoms with Gasteiger partial charge in [-0.15, -0.1) is 0 Å². The molecule has 1 aromatic carbocycles. The summed E-state index contributed by atoms with van der Waals surface area (Å²) in [7, 11) is 1.61. The molecule has 0 atom stereocenters. The number of ether oxygens (including phenoxy) is 1. The maximum Gasteiger partial charge on any atom is 0.142 e. The summed E-state index contributed by atoms with van der Waals surface area (Å²) in [5.41, 5.74) is 2.82. The van der Waals surface area contributed by atoms with Crippen LogP contribution >= 0.6 is 0 Å². The number of rotatable bonds is 7. The van der Waals surface area contributed by atoms with Crippen molar-refractivity contribution in [3.63, 3.8) is 0 Å². The molecule has 96 valence electrons. The van der Waals surface area contributed by atoms with E-state index in [1.54, 1.807) is 7.11 Å². The van der Waals surface area contributed by atoms with E-state index in [1.165, 1.54) is 0 Å². The third-order valence-corrected chi connectivity index (χ3v) is 2.40. The quantitative estimate of drug-likeness (QED) is 0.567. The summed E-state index contributed by atoms with van der Waals surface area (Å²) in [6.45, 7) is 3.10. The smallest absolute Gasteiger partial charge is 0.142 e. The molecule has 5 heteroatoms. The Hall–Kier alpha value is -1.46. The van der Waals surface area contributed by atoms with Gasteiger partial charge >= 0.3 is 0 Å². The van der Waals surface area contributed by atoms with Crippen molar-refractivity contribution in [2.45, 2.75) is 6.92 Å². The molecule has 0 aliphatic heterocycles. The zero-order valence-electron chi connectivity index (χ0n) is 10.3. The molecule has 0 radical (unpaired) electrons. The number of nitrogens with one attached hydrogen (secondary N) is 2. The van der Waals surface area contributed by atoms with Crippen LogP contribution in [0.3, 0.4) is 0 Å². The Balaban J connectivity index is 2.91. The first-order chi connectivity index (χ1) is 8.22. The second-order valence-electron chi connectivity index (χ2n) is 3.67. The SMILES string of the molecule is COc1cc(C)c(NCCO)cc1NCCO. The Morgan fingerprint density at radius 2 is 1.65 bits per heavy atom. The number of hydrogen-bond donors (Lipinski definition) is 4. The maximum absolute atomic E-state index is 8.80. The van der Waals surface area contributed by atoms with Crippen LogP contribution in [0.2, 0.25) is 0 Å². The number of benzene rings is 1. The van der Waals surface area contributed by atoms with Crippen LogP contribution < -0.4 is 15.4 Å². The van der Waals surface area contributed by atoms with Gasteiger partial charge in [-0.05, 0) is 24.6 Å². The van der Waals surface area contributed by atoms with E-state index in [0.717, 1.165) is 22.7 Å². The second-order valence-corrected chi connectivity index (χ2v) is 3.67. The number of methoxy groups -OCH3 is 1. The molecule has 1 aromatic rings. The van der Waals surface area contributed by atoms with Crippen molar-refractivity contribution in [1.29, 1.82) is 0 Å². The minimum atomic E-state index is 0.0659. The largest absolute Gasteiger partial charge is 0.495 e. The number of aliphatic hydroxyl groups excluding tert-OH is 2. The average Bonchev–Trinajstić information content (AvgIpc) is 2.35. The minimum Gasteiger partial charge on any atom is -0.495 e. The van der Waals surface area contributed by atoms with Gasteiger partial charge in [-0.2, -0.15) is 0 Å². The molecule has 0 aliphatic rings. The van der Waals surface area contributed by atoms with Crippen LogP contribution in [0.25, 0.3) is 0 Å². The number of anilines is 2. The van der Waals surface area contributed by atoms with Crippen molar-refractivity contribution in [1.82, 2.24) is 0 Å². The van der Waals surface area contributed by atoms with Crippen molar-refractivity contribution >= 4 is 11.4 Å². The van der Waals surface area contributed by atoms with Gasteiger partial charge in [0, 0.05) is 18.8 Å². The number of hydrogen-bond acceptors (Lipinski definition) is 5. The summed E-state index contributed by atoms with van der Waals surface area (Å²) in [6.07, 6.45) is 0. The van der Waals surface area contributed by atoms with Gasteiger partial charge in [0.2, 0.25) is 0 Å². The molecule has 17 heavy (non-hydrogen) atoms. The van der Waals surface area contributed by atoms with E-state index in [4.69, 9.17) is 14.9 Å². The fourth-order valence-electron chi connectivity index (χ4n) is 1.56. The Morgan fingerprint density at radius 1 is 1.06 bits per heavy atom. The van der Waals surface area contributed by atoms with Crippen LogP contribution in [0.1, 0.15) is 5.56 Å². The van der Waals surface area contributed by atoms with Gasteiger partial charge in [0.1, 0.15) is 5.75 Å². The highest BCUT2D eigenvalue weighted by Gasteiger charge is 2.07. The normalized spacial score (nSPS) is 10.1. The van der Waals surface area contributed by atoms with Crippen LogP contribution in [0, 0.1) is 6.92 Å². The van der Waals surface area contributed by atoms with E-state index in [-0.39, 0.29) is 13.2 Å². The van der Waals surface area contributed by atoms with Crippen LogP contribution in [-0.4, -0.2) is 43.6 Å². The van der Waals surface area contributed by atoms with Gasteiger partial charge in [-0.1, -0.05) is 0 Å². The molecule has 0 bridgehead atoms. The molecule has 5 nitrogen and oxygen atoms in total. The van der Waals surface area contributed by atoms with E-state index in [9.17, 15) is 0 Å². The summed E-state index contributed by atoms with van der Waals surface area (Å²) in [5.74, 6) is 0.741. The predicted octanol–water partition coefficient (Wildman–Crippen LogP) is 0.812. The van der Waals surface area contributed by atoms with Gasteiger partial charge in [0.15, 0.2) is 0 Å². The van der Waals surface area contributed by atoms with Crippen molar-refractivity contribution in [2.24, 2.45) is 0 Å². The number of aliphatic hydroxyl groups is 2. The third kappa shape index (κ3) is 3.80. The molecule has 0 aromatic heterocycles. The highest BCUT2D eigenvalue weighted by molar-refractivity contribution is 5.68. The monoisotopic (exact) mass is 240 g/mol. The first-order valence-corrected chi connectivity index (χ1v) is 5.61. The Labute approximate surface area is 101 Å². The van der Waals surface area contributed by atoms with Gasteiger partial charge in [-0.3, -0.25) is 0 Å². The lowest BCUT2D eigenvalue weighted by atomic mass is 10.1. The molecule has 0 saturated carbocycles. The summed E-state index contributed by atoms with van der Waals surface area (Å²) >= 11 is 0. The Kier molecular flexibility index (Phi) is 5.59. The minimum absolute atomic E-state index is 0.0659. The molecular formula is C12H20N2O3. The molecule has 0 aliphatic carbocycles. The topological polar surface area (TPSA) is 73.8 Å². The van der Waals surface area contributed by atoms with Gasteiger partial charge in [0.05, 0.1) is 26.0 Å². The highest BCUT2D eigenvalue weighted by atomic mass is 16.5. The standard InChI is InChI=1S/C12H20N2O3/c1-9-7-12(17-2)11(14-4-6-16)8-10(9)13-3-5-15/h7-8,13-16H,3-6H2,1-2H3. The fraction of sp³-hybridized carbons (Fsp3) is 0.500. The lowest BCUT2D eigenvalue weighted by Gasteiger charge is -2.15. The highest BCUT2D eigenvalue weighted by Crippen LogP contribution is 2.30. The lowest BCUT2D eigenvalue weighted by Crippen LogP contribution is -2.10. The average molecular weight is 240 g/mol. The molecular weight excluding hydrogens is 220 g/mol. The van der Waals surface area contributed by atoms with Crippen molar-refractivity contribution in [3.8, 4) is 5.75 Å². The zero-order chi connectivity index (χ0) is 12.7. The Morgan fingerprint density at radius 3 is 2.18 bits per heavy atom. The molecule has 0 saturated heterocycles. The van der Waals surface area contributed by atoms with Gasteiger partial charge in [-0.25, -0.2) is 0 Å². The predicted molar refractivity (Wildman–Crippen MR) is 68.9 cm³/mol. The summed E-state index contributed by atoms with van der Waals surface area (Å²) in [4.78, 5) is 0. The molecule has 0 amide bonds. The first kappa shape index (κ1) is 13.6. The lowest BCUT2D eigenvalue weighted by molar-refractivity contribution is 0.311. The summed E-state index contributed by atoms with van der Waals surface area (Å²) in [5, 5.41) is 23.8. The molecule has 0 fully saturated rings. The van der Waals surface area contributed by atoms with Crippen LogP contribution in [0.5, 0.6) is 5.75 Å². The molecule has 1 rings (SSSR count). The van der Waals surface area contributed by atoms with E-state index >= 15 is 0 Å². The van der Waals surface area contributed by atoms with Crippen molar-refractivity contribution < 1.29 is 14.9 Å². The zero-order valence-corrected chi connectivity index (χ0v) is 10.3. The van der Waals surface area contributed by atoms with E-state index in [1.807, 2.05) is 19.1 Å². The van der Waals surface area contributed by atoms with Crippen LogP contribution in [-0.2, 0) is 0 Å². The maximum atomic E-state index is 8.80. The van der Waals surface area contributed by atoms with Gasteiger partial charge < -0.3 is 25.6 Å². The molecule has 4 N–H and O–H groups in total. The number of aryl methyl sites for hydroxylation is 1. The second kappa shape index (κ2) is 6.98. The summed E-state index contributed by atoms with van der Waals surface area (Å²) in [6, 6.07) is 3.83. The van der Waals surface area contributed by atoms with Crippen LogP contribution in [0.4, 0.5) is 11.4 Å². The molecule has 0 heterocycles. The van der Waals surface area contributed by atoms with Gasteiger partial charge in [0.25, 0.3) is 0 Å². The van der Waals surface area contributed by atoms with E-state index in [2.05, 4.69) is 10.6 Å². The Bertz CT molecular complexity index is 356. The molecule has 0 unspecified atom stereocenters. The third-order valence-electron chi connectivity index (χ3n) is 2.40. The first-order valence-electron chi connectivity index (χ1n) is 5.61. The fourth-order valence-corrected chi connectivity index (χ4v) is 1.56. The van der Waals surface area contributed by atoms with Crippen molar-refractivity contribution in [3.05, 3.63) is 17.7 Å². The summed E-state index contributed by atoms with van der Waals surface area (Å²) < 4.78 is 5.26.